The third-order valence-corrected chi connectivity index (χ3v) is 4.33. The molecule has 3 rings (SSSR count). The lowest BCUT2D eigenvalue weighted by molar-refractivity contribution is -0.141. The Balaban J connectivity index is 1.42. The van der Waals surface area contributed by atoms with Crippen molar-refractivity contribution >= 4 is 23.5 Å². The molecule has 0 radical (unpaired) electrons. The van der Waals surface area contributed by atoms with Gasteiger partial charge in [-0.3, -0.25) is 30.0 Å². The third kappa shape index (κ3) is 5.51. The zero-order valence-electron chi connectivity index (χ0n) is 15.2. The monoisotopic (exact) mass is 379 g/mol. The number of hydrogen-bond donors (Lipinski definition) is 3. The van der Waals surface area contributed by atoms with Crippen molar-refractivity contribution in [1.29, 1.82) is 0 Å². The van der Waals surface area contributed by atoms with E-state index in [1.165, 1.54) is 0 Å². The molecule has 0 bridgehead atoms. The van der Waals surface area contributed by atoms with E-state index in [9.17, 15) is 19.2 Å². The lowest BCUT2D eigenvalue weighted by Gasteiger charge is -2.07. The van der Waals surface area contributed by atoms with Gasteiger partial charge in [0.25, 0.3) is 0 Å². The number of hydrogen-bond acceptors (Lipinski definition) is 4. The molecule has 3 N–H and O–H groups in total. The van der Waals surface area contributed by atoms with E-state index in [0.717, 1.165) is 24.0 Å². The van der Waals surface area contributed by atoms with Crippen LogP contribution in [0.5, 0.6) is 0 Å². The van der Waals surface area contributed by atoms with Crippen molar-refractivity contribution in [3.8, 4) is 11.1 Å². The second-order valence-corrected chi connectivity index (χ2v) is 6.62. The number of amides is 3. The fraction of sp³-hybridized carbons (Fsp3) is 0.238. The van der Waals surface area contributed by atoms with Crippen LogP contribution in [0.1, 0.15) is 36.0 Å². The summed E-state index contributed by atoms with van der Waals surface area (Å²) in [5.41, 5.74) is 6.76. The van der Waals surface area contributed by atoms with E-state index in [0.29, 0.717) is 5.56 Å². The molecule has 28 heavy (non-hydrogen) atoms. The Morgan fingerprint density at radius 3 is 2.04 bits per heavy atom. The molecule has 1 aliphatic carbocycles. The summed E-state index contributed by atoms with van der Waals surface area (Å²) >= 11 is 0. The highest BCUT2D eigenvalue weighted by Gasteiger charge is 2.26. The molecule has 3 amide bonds. The van der Waals surface area contributed by atoms with Crippen molar-refractivity contribution in [2.24, 2.45) is 0 Å². The van der Waals surface area contributed by atoms with Crippen LogP contribution in [0.3, 0.4) is 0 Å². The number of hydrazine groups is 1. The molecule has 144 valence electrons. The van der Waals surface area contributed by atoms with Gasteiger partial charge in [-0.05, 0) is 24.0 Å². The van der Waals surface area contributed by atoms with E-state index in [4.69, 9.17) is 0 Å². The molecule has 2 aromatic carbocycles. The van der Waals surface area contributed by atoms with Gasteiger partial charge in [-0.25, -0.2) is 0 Å². The van der Waals surface area contributed by atoms with Gasteiger partial charge in [-0.2, -0.15) is 0 Å². The van der Waals surface area contributed by atoms with Crippen LogP contribution in [0.4, 0.5) is 0 Å². The van der Waals surface area contributed by atoms with Crippen LogP contribution < -0.4 is 16.2 Å². The van der Waals surface area contributed by atoms with Gasteiger partial charge < -0.3 is 5.32 Å². The second-order valence-electron chi connectivity index (χ2n) is 6.62. The molecule has 0 heterocycles. The van der Waals surface area contributed by atoms with Crippen LogP contribution in [-0.4, -0.2) is 29.5 Å². The summed E-state index contributed by atoms with van der Waals surface area (Å²) < 4.78 is 0. The molecule has 0 unspecified atom stereocenters. The minimum Gasteiger partial charge on any atom is -0.345 e. The summed E-state index contributed by atoms with van der Waals surface area (Å²) in [4.78, 5) is 47.0. The quantitative estimate of drug-likeness (QED) is 0.404. The maximum Gasteiger partial charge on any atom is 0.327 e. The Labute approximate surface area is 162 Å². The summed E-state index contributed by atoms with van der Waals surface area (Å²) in [5.74, 6) is -2.42. The van der Waals surface area contributed by atoms with E-state index < -0.39 is 17.7 Å². The van der Waals surface area contributed by atoms with Crippen molar-refractivity contribution in [3.05, 3.63) is 60.2 Å². The van der Waals surface area contributed by atoms with Crippen LogP contribution in [0.25, 0.3) is 11.1 Å². The molecular formula is C21H21N3O4. The van der Waals surface area contributed by atoms with E-state index >= 15 is 0 Å². The van der Waals surface area contributed by atoms with Crippen molar-refractivity contribution in [2.45, 2.75) is 31.7 Å². The van der Waals surface area contributed by atoms with Crippen LogP contribution in [0.2, 0.25) is 0 Å². The molecule has 0 aliphatic heterocycles. The lowest BCUT2D eigenvalue weighted by atomic mass is 10.0. The molecule has 0 saturated heterocycles. The number of rotatable bonds is 6. The van der Waals surface area contributed by atoms with Crippen molar-refractivity contribution in [1.82, 2.24) is 16.2 Å². The first-order valence-electron chi connectivity index (χ1n) is 9.11. The molecule has 1 saturated carbocycles. The molecule has 0 spiro atoms. The zero-order chi connectivity index (χ0) is 19.9. The van der Waals surface area contributed by atoms with Gasteiger partial charge in [0, 0.05) is 24.4 Å². The molecule has 0 atom stereocenters. The maximum absolute atomic E-state index is 12.2. The average Bonchev–Trinajstić information content (AvgIpc) is 3.55. The second kappa shape index (κ2) is 8.94. The van der Waals surface area contributed by atoms with Crippen LogP contribution in [0, 0.1) is 0 Å². The number of Topliss-reactive ketones (excluding diaryl/α,β-unsaturated/α-hetero) is 1. The highest BCUT2D eigenvalue weighted by atomic mass is 16.2. The Hall–Kier alpha value is -3.48. The summed E-state index contributed by atoms with van der Waals surface area (Å²) in [7, 11) is 0. The minimum atomic E-state index is -0.928. The Morgan fingerprint density at radius 2 is 1.39 bits per heavy atom. The fourth-order valence-electron chi connectivity index (χ4n) is 2.57. The first-order chi connectivity index (χ1) is 13.5. The minimum absolute atomic E-state index is 0.000653. The maximum atomic E-state index is 12.2. The van der Waals surface area contributed by atoms with E-state index in [1.54, 1.807) is 12.1 Å². The molecule has 2 aromatic rings. The zero-order valence-corrected chi connectivity index (χ0v) is 15.2. The number of carbonyl (C=O) groups is 4. The lowest BCUT2D eigenvalue weighted by Crippen LogP contribution is -2.49. The molecule has 1 fully saturated rings. The van der Waals surface area contributed by atoms with Gasteiger partial charge in [-0.1, -0.05) is 54.6 Å². The predicted octanol–water partition coefficient (Wildman–Crippen LogP) is 1.74. The Bertz CT molecular complexity index is 874. The highest BCUT2D eigenvalue weighted by molar-refractivity contribution is 6.35. The Morgan fingerprint density at radius 1 is 0.750 bits per heavy atom. The summed E-state index contributed by atoms with van der Waals surface area (Å²) in [6, 6.07) is 17.0. The molecule has 0 aromatic heterocycles. The first-order valence-corrected chi connectivity index (χ1v) is 9.11. The van der Waals surface area contributed by atoms with Gasteiger partial charge in [0.1, 0.15) is 0 Å². The van der Waals surface area contributed by atoms with Gasteiger partial charge in [0.2, 0.25) is 5.91 Å². The van der Waals surface area contributed by atoms with Crippen molar-refractivity contribution < 1.29 is 19.2 Å². The number of nitrogens with one attached hydrogen (secondary N) is 3. The average molecular weight is 379 g/mol. The standard InChI is InChI=1S/C21H21N3O4/c25-18(16-8-6-15(7-9-16)14-4-2-1-3-5-14)12-13-19(26)23-24-21(28)20(27)22-17-10-11-17/h1-9,17H,10-13H2,(H,22,27)(H,23,26)(H,24,28). The fourth-order valence-corrected chi connectivity index (χ4v) is 2.57. The number of carbonyl (C=O) groups excluding carboxylic acids is 4. The third-order valence-electron chi connectivity index (χ3n) is 4.33. The summed E-state index contributed by atoms with van der Waals surface area (Å²) in [6.07, 6.45) is 1.63. The molecule has 1 aliphatic rings. The van der Waals surface area contributed by atoms with E-state index in [-0.39, 0.29) is 24.7 Å². The molecule has 7 heteroatoms. The van der Waals surface area contributed by atoms with Crippen LogP contribution >= 0.6 is 0 Å². The van der Waals surface area contributed by atoms with Gasteiger partial charge >= 0.3 is 11.8 Å². The Kier molecular flexibility index (Phi) is 6.16. The highest BCUT2D eigenvalue weighted by Crippen LogP contribution is 2.20. The number of ketones is 1. The van der Waals surface area contributed by atoms with Crippen molar-refractivity contribution in [2.75, 3.05) is 0 Å². The topological polar surface area (TPSA) is 104 Å². The van der Waals surface area contributed by atoms with Crippen LogP contribution in [-0.2, 0) is 14.4 Å². The SMILES string of the molecule is O=C(CCC(=O)c1ccc(-c2ccccc2)cc1)NNC(=O)C(=O)NC1CC1. The smallest absolute Gasteiger partial charge is 0.327 e. The summed E-state index contributed by atoms with van der Waals surface area (Å²) in [6.45, 7) is 0. The molecule has 7 nitrogen and oxygen atoms in total. The number of benzene rings is 2. The van der Waals surface area contributed by atoms with E-state index in [1.807, 2.05) is 47.9 Å². The van der Waals surface area contributed by atoms with Gasteiger partial charge in [0.05, 0.1) is 0 Å². The normalized spacial score (nSPS) is 12.7. The largest absolute Gasteiger partial charge is 0.345 e. The van der Waals surface area contributed by atoms with Gasteiger partial charge in [0.15, 0.2) is 5.78 Å². The summed E-state index contributed by atoms with van der Waals surface area (Å²) in [5, 5.41) is 2.51. The molecular weight excluding hydrogens is 358 g/mol. The van der Waals surface area contributed by atoms with Crippen LogP contribution in [0.15, 0.2) is 54.6 Å². The van der Waals surface area contributed by atoms with Crippen molar-refractivity contribution in [3.63, 3.8) is 0 Å². The predicted molar refractivity (Wildman–Crippen MR) is 103 cm³/mol. The van der Waals surface area contributed by atoms with Gasteiger partial charge in [-0.15, -0.1) is 0 Å². The first kappa shape index (κ1) is 19.3. The van der Waals surface area contributed by atoms with E-state index in [2.05, 4.69) is 10.7 Å².